The first-order valence-corrected chi connectivity index (χ1v) is 7.33. The van der Waals surface area contributed by atoms with Crippen LogP contribution in [0.3, 0.4) is 0 Å². The van der Waals surface area contributed by atoms with E-state index < -0.39 is 0 Å². The van der Waals surface area contributed by atoms with Crippen molar-refractivity contribution in [3.63, 3.8) is 0 Å². The number of halogens is 1. The van der Waals surface area contributed by atoms with Crippen LogP contribution in [-0.4, -0.2) is 24.2 Å². The third-order valence-corrected chi connectivity index (χ3v) is 3.86. The van der Waals surface area contributed by atoms with Crippen LogP contribution in [0.5, 0.6) is 11.8 Å². The summed E-state index contributed by atoms with van der Waals surface area (Å²) in [4.78, 5) is 9.74. The van der Waals surface area contributed by atoms with E-state index in [-0.39, 0.29) is 0 Å². The molecule has 0 saturated carbocycles. The van der Waals surface area contributed by atoms with Crippen molar-refractivity contribution in [3.8, 4) is 11.8 Å². The Morgan fingerprint density at radius 3 is 2.16 bits per heavy atom. The molecule has 2 rings (SSSR count). The van der Waals surface area contributed by atoms with Gasteiger partial charge in [-0.3, -0.25) is 0 Å². The highest BCUT2D eigenvalue weighted by molar-refractivity contribution is 9.10. The summed E-state index contributed by atoms with van der Waals surface area (Å²) in [6, 6.07) is 9.77. The Morgan fingerprint density at radius 2 is 1.63 bits per heavy atom. The second-order valence-electron chi connectivity index (χ2n) is 3.61. The lowest BCUT2D eigenvalue weighted by Crippen LogP contribution is -1.99. The van der Waals surface area contributed by atoms with Gasteiger partial charge in [-0.25, -0.2) is 0 Å². The third kappa shape index (κ3) is 4.11. The predicted molar refractivity (Wildman–Crippen MR) is 78.8 cm³/mol. The molecule has 4 nitrogen and oxygen atoms in total. The van der Waals surface area contributed by atoms with Crippen molar-refractivity contribution in [2.24, 2.45) is 0 Å². The van der Waals surface area contributed by atoms with Crippen LogP contribution >= 0.6 is 27.7 Å². The topological polar surface area (TPSA) is 44.2 Å². The highest BCUT2D eigenvalue weighted by Crippen LogP contribution is 2.25. The van der Waals surface area contributed by atoms with Gasteiger partial charge in [0.25, 0.3) is 0 Å². The normalized spacial score (nSPS) is 10.3. The Bertz CT molecular complexity index is 527. The van der Waals surface area contributed by atoms with Gasteiger partial charge < -0.3 is 9.47 Å². The Balaban J connectivity index is 2.08. The molecular weight excluding hydrogens is 328 g/mol. The highest BCUT2D eigenvalue weighted by atomic mass is 79.9. The van der Waals surface area contributed by atoms with Gasteiger partial charge in [-0.1, -0.05) is 15.9 Å². The molecule has 0 N–H and O–H groups in total. The van der Waals surface area contributed by atoms with Gasteiger partial charge in [-0.2, -0.15) is 9.97 Å². The zero-order chi connectivity index (χ0) is 13.7. The lowest BCUT2D eigenvalue weighted by molar-refractivity contribution is 0.369. The first-order valence-electron chi connectivity index (χ1n) is 5.55. The fraction of sp³-hybridized carbons (Fsp3) is 0.231. The van der Waals surface area contributed by atoms with Crippen LogP contribution in [0.2, 0.25) is 0 Å². The zero-order valence-electron chi connectivity index (χ0n) is 10.6. The summed E-state index contributed by atoms with van der Waals surface area (Å²) in [5, 5.41) is 0. The minimum Gasteiger partial charge on any atom is -0.481 e. The average Bonchev–Trinajstić information content (AvgIpc) is 2.46. The molecule has 0 spiro atoms. The standard InChI is InChI=1S/C13H13BrN2O2S/c1-17-12-7-13(18-2)16-11(15-12)8-19-10-5-3-9(14)4-6-10/h3-7H,8H2,1-2H3. The van der Waals surface area contributed by atoms with Crippen LogP contribution in [0.15, 0.2) is 39.7 Å². The molecule has 0 amide bonds. The van der Waals surface area contributed by atoms with Crippen LogP contribution in [0, 0.1) is 0 Å². The SMILES string of the molecule is COc1cc(OC)nc(CSc2ccc(Br)cc2)n1. The fourth-order valence-corrected chi connectivity index (χ4v) is 2.42. The fourth-order valence-electron chi connectivity index (χ4n) is 1.40. The van der Waals surface area contributed by atoms with Crippen molar-refractivity contribution in [1.29, 1.82) is 0 Å². The molecule has 0 saturated heterocycles. The molecule has 2 aromatic rings. The Kier molecular flexibility index (Phi) is 5.04. The van der Waals surface area contributed by atoms with Gasteiger partial charge in [0.2, 0.25) is 11.8 Å². The molecule has 0 fully saturated rings. The number of hydrogen-bond acceptors (Lipinski definition) is 5. The summed E-state index contributed by atoms with van der Waals surface area (Å²) in [5.41, 5.74) is 0. The number of benzene rings is 1. The Morgan fingerprint density at radius 1 is 1.05 bits per heavy atom. The van der Waals surface area contributed by atoms with Gasteiger partial charge >= 0.3 is 0 Å². The van der Waals surface area contributed by atoms with Gasteiger partial charge in [0.1, 0.15) is 5.82 Å². The minimum atomic E-state index is 0.512. The van der Waals surface area contributed by atoms with E-state index in [1.54, 1.807) is 32.0 Å². The largest absolute Gasteiger partial charge is 0.481 e. The molecule has 1 heterocycles. The summed E-state index contributed by atoms with van der Waals surface area (Å²) in [7, 11) is 3.15. The van der Waals surface area contributed by atoms with Crippen LogP contribution in [-0.2, 0) is 5.75 Å². The van der Waals surface area contributed by atoms with Crippen molar-refractivity contribution < 1.29 is 9.47 Å². The van der Waals surface area contributed by atoms with E-state index >= 15 is 0 Å². The molecular formula is C13H13BrN2O2S. The lowest BCUT2D eigenvalue weighted by atomic mass is 10.4. The lowest BCUT2D eigenvalue weighted by Gasteiger charge is -2.06. The molecule has 0 atom stereocenters. The van der Waals surface area contributed by atoms with Gasteiger partial charge in [-0.05, 0) is 24.3 Å². The minimum absolute atomic E-state index is 0.512. The molecule has 1 aromatic carbocycles. The van der Waals surface area contributed by atoms with E-state index in [4.69, 9.17) is 9.47 Å². The number of thioether (sulfide) groups is 1. The molecule has 0 aliphatic heterocycles. The monoisotopic (exact) mass is 340 g/mol. The number of aromatic nitrogens is 2. The van der Waals surface area contributed by atoms with E-state index in [0.717, 1.165) is 9.37 Å². The van der Waals surface area contributed by atoms with Crippen LogP contribution < -0.4 is 9.47 Å². The van der Waals surface area contributed by atoms with E-state index in [2.05, 4.69) is 25.9 Å². The second-order valence-corrected chi connectivity index (χ2v) is 5.58. The first-order chi connectivity index (χ1) is 9.21. The van der Waals surface area contributed by atoms with E-state index in [1.807, 2.05) is 24.3 Å². The van der Waals surface area contributed by atoms with Gasteiger partial charge in [-0.15, -0.1) is 11.8 Å². The van der Waals surface area contributed by atoms with Gasteiger partial charge in [0, 0.05) is 9.37 Å². The number of hydrogen-bond donors (Lipinski definition) is 0. The maximum Gasteiger partial charge on any atom is 0.220 e. The number of methoxy groups -OCH3 is 2. The van der Waals surface area contributed by atoms with E-state index in [9.17, 15) is 0 Å². The van der Waals surface area contributed by atoms with Crippen molar-refractivity contribution >= 4 is 27.7 Å². The summed E-state index contributed by atoms with van der Waals surface area (Å²) < 4.78 is 11.3. The Hall–Kier alpha value is -1.27. The Labute approximate surface area is 124 Å². The quantitative estimate of drug-likeness (QED) is 0.778. The molecule has 0 bridgehead atoms. The summed E-state index contributed by atoms with van der Waals surface area (Å²) in [5.74, 6) is 2.37. The van der Waals surface area contributed by atoms with Crippen molar-refractivity contribution in [1.82, 2.24) is 9.97 Å². The number of nitrogens with zero attached hydrogens (tertiary/aromatic N) is 2. The van der Waals surface area contributed by atoms with Crippen LogP contribution in [0.1, 0.15) is 5.82 Å². The second kappa shape index (κ2) is 6.77. The molecule has 0 radical (unpaired) electrons. The maximum atomic E-state index is 5.12. The van der Waals surface area contributed by atoms with Crippen molar-refractivity contribution in [2.75, 3.05) is 14.2 Å². The number of rotatable bonds is 5. The van der Waals surface area contributed by atoms with Gasteiger partial charge in [0.15, 0.2) is 0 Å². The van der Waals surface area contributed by atoms with E-state index in [1.165, 1.54) is 0 Å². The van der Waals surface area contributed by atoms with Crippen molar-refractivity contribution in [3.05, 3.63) is 40.6 Å². The molecule has 1 aromatic heterocycles. The highest BCUT2D eigenvalue weighted by Gasteiger charge is 2.06. The predicted octanol–water partition coefficient (Wildman–Crippen LogP) is 3.55. The van der Waals surface area contributed by atoms with E-state index in [0.29, 0.717) is 23.3 Å². The van der Waals surface area contributed by atoms with Crippen LogP contribution in [0.25, 0.3) is 0 Å². The molecule has 0 aliphatic carbocycles. The molecule has 19 heavy (non-hydrogen) atoms. The maximum absolute atomic E-state index is 5.12. The summed E-state index contributed by atoms with van der Waals surface area (Å²) in [6.07, 6.45) is 0. The van der Waals surface area contributed by atoms with Crippen LogP contribution in [0.4, 0.5) is 0 Å². The molecule has 0 aliphatic rings. The first kappa shape index (κ1) is 14.1. The molecule has 6 heteroatoms. The summed E-state index contributed by atoms with van der Waals surface area (Å²) >= 11 is 5.08. The average molecular weight is 341 g/mol. The number of ether oxygens (including phenoxy) is 2. The van der Waals surface area contributed by atoms with Gasteiger partial charge in [0.05, 0.1) is 26.0 Å². The summed E-state index contributed by atoms with van der Waals surface area (Å²) in [6.45, 7) is 0. The van der Waals surface area contributed by atoms with Crippen molar-refractivity contribution in [2.45, 2.75) is 10.6 Å². The smallest absolute Gasteiger partial charge is 0.220 e. The molecule has 100 valence electrons. The third-order valence-electron chi connectivity index (χ3n) is 2.33. The zero-order valence-corrected chi connectivity index (χ0v) is 13.0. The molecule has 0 unspecified atom stereocenters.